The van der Waals surface area contributed by atoms with E-state index in [0.29, 0.717) is 17.0 Å². The second-order valence-electron chi connectivity index (χ2n) is 6.60. The smallest absolute Gasteiger partial charge is 0.405 e. The number of imidazole rings is 1. The number of anilines is 1. The molecule has 8 nitrogen and oxygen atoms in total. The molecule has 0 saturated carbocycles. The van der Waals surface area contributed by atoms with Gasteiger partial charge in [0.15, 0.2) is 11.3 Å². The van der Waals surface area contributed by atoms with Gasteiger partial charge in [0.2, 0.25) is 5.95 Å². The Bertz CT molecular complexity index is 1270. The maximum atomic E-state index is 12.8. The standard InChI is InChI=1S/C20H15F3N6O2/c1-11-9-12(2)26-19(25-11)27-18(30)15-10-24-17-8-7-14(28-29(15)17)13-5-3-4-6-16(13)31-20(21,22)23/h3-10H,1-2H3,(H,25,26,27,30). The molecule has 1 aromatic carbocycles. The molecule has 0 unspecified atom stereocenters. The lowest BCUT2D eigenvalue weighted by Crippen LogP contribution is -2.18. The lowest BCUT2D eigenvalue weighted by atomic mass is 10.1. The first-order valence-electron chi connectivity index (χ1n) is 9.03. The number of hydrogen-bond donors (Lipinski definition) is 1. The Balaban J connectivity index is 1.71. The average Bonchev–Trinajstić information content (AvgIpc) is 3.09. The minimum atomic E-state index is -4.85. The number of alkyl halides is 3. The van der Waals surface area contributed by atoms with Crippen LogP contribution in [0.1, 0.15) is 21.9 Å². The lowest BCUT2D eigenvalue weighted by Gasteiger charge is -2.13. The molecule has 0 saturated heterocycles. The van der Waals surface area contributed by atoms with Crippen molar-refractivity contribution in [1.29, 1.82) is 0 Å². The van der Waals surface area contributed by atoms with Crippen LogP contribution in [0.5, 0.6) is 5.75 Å². The highest BCUT2D eigenvalue weighted by Crippen LogP contribution is 2.32. The van der Waals surface area contributed by atoms with Crippen molar-refractivity contribution in [3.8, 4) is 17.0 Å². The third kappa shape index (κ3) is 4.44. The van der Waals surface area contributed by atoms with E-state index in [0.717, 1.165) is 0 Å². The SMILES string of the molecule is Cc1cc(C)nc(NC(=O)c2cnc3ccc(-c4ccccc4OC(F)(F)F)nn23)n1. The predicted octanol–water partition coefficient (Wildman–Crippen LogP) is 3.95. The molecule has 0 atom stereocenters. The molecule has 1 N–H and O–H groups in total. The van der Waals surface area contributed by atoms with Crippen molar-refractivity contribution < 1.29 is 22.7 Å². The number of aryl methyl sites for hydroxylation is 2. The maximum absolute atomic E-state index is 12.8. The van der Waals surface area contributed by atoms with E-state index < -0.39 is 18.0 Å². The van der Waals surface area contributed by atoms with Crippen LogP contribution in [0, 0.1) is 13.8 Å². The topological polar surface area (TPSA) is 94.3 Å². The van der Waals surface area contributed by atoms with Gasteiger partial charge in [0.1, 0.15) is 5.75 Å². The predicted molar refractivity (Wildman–Crippen MR) is 105 cm³/mol. The van der Waals surface area contributed by atoms with Crippen LogP contribution in [0.15, 0.2) is 48.7 Å². The molecule has 3 heterocycles. The molecule has 31 heavy (non-hydrogen) atoms. The summed E-state index contributed by atoms with van der Waals surface area (Å²) in [7, 11) is 0. The second-order valence-corrected chi connectivity index (χ2v) is 6.60. The summed E-state index contributed by atoms with van der Waals surface area (Å²) >= 11 is 0. The molecule has 11 heteroatoms. The first-order valence-corrected chi connectivity index (χ1v) is 9.03. The minimum Gasteiger partial charge on any atom is -0.405 e. The summed E-state index contributed by atoms with van der Waals surface area (Å²) < 4.78 is 43.6. The number of carbonyl (C=O) groups is 1. The molecule has 158 valence electrons. The van der Waals surface area contributed by atoms with Gasteiger partial charge >= 0.3 is 6.36 Å². The Labute approximate surface area is 173 Å². The molecule has 3 aromatic heterocycles. The fourth-order valence-corrected chi connectivity index (χ4v) is 3.01. The number of hydrogen-bond acceptors (Lipinski definition) is 6. The highest BCUT2D eigenvalue weighted by molar-refractivity contribution is 6.02. The number of amides is 1. The highest BCUT2D eigenvalue weighted by Gasteiger charge is 2.32. The molecule has 0 bridgehead atoms. The lowest BCUT2D eigenvalue weighted by molar-refractivity contribution is -0.274. The molecule has 0 spiro atoms. The fourth-order valence-electron chi connectivity index (χ4n) is 3.01. The average molecular weight is 428 g/mol. The van der Waals surface area contributed by atoms with Gasteiger partial charge in [0.05, 0.1) is 11.9 Å². The van der Waals surface area contributed by atoms with Crippen LogP contribution in [0.4, 0.5) is 19.1 Å². The van der Waals surface area contributed by atoms with E-state index in [1.54, 1.807) is 26.0 Å². The monoisotopic (exact) mass is 428 g/mol. The summed E-state index contributed by atoms with van der Waals surface area (Å²) in [5, 5.41) is 6.88. The van der Waals surface area contributed by atoms with Crippen molar-refractivity contribution in [3.63, 3.8) is 0 Å². The number of benzene rings is 1. The molecule has 0 fully saturated rings. The summed E-state index contributed by atoms with van der Waals surface area (Å²) in [6.07, 6.45) is -3.55. The van der Waals surface area contributed by atoms with Crippen molar-refractivity contribution in [1.82, 2.24) is 24.6 Å². The maximum Gasteiger partial charge on any atom is 0.573 e. The van der Waals surface area contributed by atoms with Gasteiger partial charge in [-0.1, -0.05) is 12.1 Å². The Morgan fingerprint density at radius 3 is 2.48 bits per heavy atom. The van der Waals surface area contributed by atoms with E-state index >= 15 is 0 Å². The first kappa shape index (κ1) is 20.3. The van der Waals surface area contributed by atoms with E-state index in [-0.39, 0.29) is 22.9 Å². The van der Waals surface area contributed by atoms with Gasteiger partial charge in [-0.05, 0) is 44.2 Å². The second kappa shape index (κ2) is 7.67. The molecule has 4 aromatic rings. The zero-order valence-corrected chi connectivity index (χ0v) is 16.3. The number of halogens is 3. The van der Waals surface area contributed by atoms with Crippen LogP contribution in [0.3, 0.4) is 0 Å². The zero-order chi connectivity index (χ0) is 22.2. The molecule has 0 aliphatic heterocycles. The summed E-state index contributed by atoms with van der Waals surface area (Å²) in [5.41, 5.74) is 2.05. The molecule has 4 rings (SSSR count). The fraction of sp³-hybridized carbons (Fsp3) is 0.150. The summed E-state index contributed by atoms with van der Waals surface area (Å²) in [6.45, 7) is 3.54. The van der Waals surface area contributed by atoms with Gasteiger partial charge in [0.25, 0.3) is 5.91 Å². The number of rotatable bonds is 4. The third-order valence-electron chi connectivity index (χ3n) is 4.19. The van der Waals surface area contributed by atoms with Gasteiger partial charge < -0.3 is 4.74 Å². The number of nitrogens with one attached hydrogen (secondary N) is 1. The number of nitrogens with zero attached hydrogens (tertiary/aromatic N) is 5. The molecular formula is C20H15F3N6O2. The van der Waals surface area contributed by atoms with E-state index in [9.17, 15) is 18.0 Å². The highest BCUT2D eigenvalue weighted by atomic mass is 19.4. The van der Waals surface area contributed by atoms with Crippen LogP contribution in [0.25, 0.3) is 16.9 Å². The van der Waals surface area contributed by atoms with Crippen LogP contribution in [0.2, 0.25) is 0 Å². The van der Waals surface area contributed by atoms with Crippen molar-refractivity contribution >= 4 is 17.5 Å². The normalized spacial score (nSPS) is 11.5. The quantitative estimate of drug-likeness (QED) is 0.529. The van der Waals surface area contributed by atoms with Gasteiger partial charge in [-0.2, -0.15) is 5.10 Å². The van der Waals surface area contributed by atoms with E-state index in [4.69, 9.17) is 0 Å². The number of ether oxygens (including phenoxy) is 1. The third-order valence-corrected chi connectivity index (χ3v) is 4.19. The van der Waals surface area contributed by atoms with Crippen molar-refractivity contribution in [2.45, 2.75) is 20.2 Å². The zero-order valence-electron chi connectivity index (χ0n) is 16.3. The van der Waals surface area contributed by atoms with E-state index in [2.05, 4.69) is 30.1 Å². The molecular weight excluding hydrogens is 413 g/mol. The minimum absolute atomic E-state index is 0.0637. The van der Waals surface area contributed by atoms with E-state index in [1.165, 1.54) is 41.0 Å². The van der Waals surface area contributed by atoms with Gasteiger partial charge in [-0.15, -0.1) is 13.2 Å². The van der Waals surface area contributed by atoms with Crippen LogP contribution in [-0.2, 0) is 0 Å². The van der Waals surface area contributed by atoms with Crippen molar-refractivity contribution in [2.75, 3.05) is 5.32 Å². The molecule has 1 amide bonds. The van der Waals surface area contributed by atoms with E-state index in [1.807, 2.05) is 0 Å². The van der Waals surface area contributed by atoms with Crippen LogP contribution in [-0.4, -0.2) is 36.8 Å². The largest absolute Gasteiger partial charge is 0.573 e. The van der Waals surface area contributed by atoms with Crippen molar-refractivity contribution in [2.24, 2.45) is 0 Å². The first-order chi connectivity index (χ1) is 14.7. The molecule has 0 aliphatic rings. The Hall–Kier alpha value is -4.02. The summed E-state index contributed by atoms with van der Waals surface area (Å²) in [5.74, 6) is -0.851. The molecule has 0 radical (unpaired) electrons. The number of aromatic nitrogens is 5. The van der Waals surface area contributed by atoms with Crippen molar-refractivity contribution in [3.05, 3.63) is 65.7 Å². The van der Waals surface area contributed by atoms with Gasteiger partial charge in [0, 0.05) is 17.0 Å². The Kier molecular flexibility index (Phi) is 5.01. The van der Waals surface area contributed by atoms with Gasteiger partial charge in [-0.25, -0.2) is 19.5 Å². The number of carbonyl (C=O) groups excluding carboxylic acids is 1. The van der Waals surface area contributed by atoms with Crippen LogP contribution >= 0.6 is 0 Å². The number of fused-ring (bicyclic) bond motifs is 1. The summed E-state index contributed by atoms with van der Waals surface area (Å²) in [4.78, 5) is 25.2. The molecule has 0 aliphatic carbocycles. The number of para-hydroxylation sites is 1. The summed E-state index contributed by atoms with van der Waals surface area (Å²) in [6, 6.07) is 10.4. The Morgan fingerprint density at radius 1 is 1.06 bits per heavy atom. The van der Waals surface area contributed by atoms with Crippen LogP contribution < -0.4 is 10.1 Å². The van der Waals surface area contributed by atoms with Gasteiger partial charge in [-0.3, -0.25) is 10.1 Å². The Morgan fingerprint density at radius 2 is 1.77 bits per heavy atom.